The molecule has 1 unspecified atom stereocenters. The molecule has 1 aromatic rings. The van der Waals surface area contributed by atoms with Crippen molar-refractivity contribution in [2.75, 3.05) is 31.1 Å². The number of piperidine rings is 3. The molecule has 3 fully saturated rings. The second-order valence-corrected chi connectivity index (χ2v) is 7.79. The Morgan fingerprint density at radius 3 is 2.35 bits per heavy atom. The van der Waals surface area contributed by atoms with E-state index in [-0.39, 0.29) is 11.8 Å². The van der Waals surface area contributed by atoms with Gasteiger partial charge in [0.1, 0.15) is 5.75 Å². The first-order chi connectivity index (χ1) is 12.6. The minimum Gasteiger partial charge on any atom is -0.481 e. The van der Waals surface area contributed by atoms with Crippen molar-refractivity contribution in [2.45, 2.75) is 44.6 Å². The Morgan fingerprint density at radius 2 is 1.69 bits per heavy atom. The Morgan fingerprint density at radius 1 is 1.00 bits per heavy atom. The lowest BCUT2D eigenvalue weighted by atomic mass is 9.71. The Kier molecular flexibility index (Phi) is 4.85. The highest BCUT2D eigenvalue weighted by Gasteiger charge is 2.35. The average Bonchev–Trinajstić information content (AvgIpc) is 2.66. The number of carbonyl (C=O) groups excluding carboxylic acids is 2. The summed E-state index contributed by atoms with van der Waals surface area (Å²) in [5, 5.41) is 5.80. The number of nitrogens with zero attached hydrogens (tertiary/aromatic N) is 1. The zero-order chi connectivity index (χ0) is 18.0. The van der Waals surface area contributed by atoms with E-state index < -0.39 is 6.10 Å². The van der Waals surface area contributed by atoms with E-state index >= 15 is 0 Å². The van der Waals surface area contributed by atoms with Gasteiger partial charge in [0.05, 0.1) is 0 Å². The highest BCUT2D eigenvalue weighted by atomic mass is 16.5. The van der Waals surface area contributed by atoms with Gasteiger partial charge in [-0.3, -0.25) is 14.9 Å². The summed E-state index contributed by atoms with van der Waals surface area (Å²) in [5.74, 6) is 0.116. The molecular weight excluding hydrogens is 330 g/mol. The molecule has 6 nitrogen and oxygen atoms in total. The fraction of sp³-hybridized carbons (Fsp3) is 0.600. The van der Waals surface area contributed by atoms with Crippen LogP contribution in [0.2, 0.25) is 0 Å². The minimum absolute atomic E-state index is 0.221. The third kappa shape index (κ3) is 3.70. The first-order valence-electron chi connectivity index (χ1n) is 9.70. The molecule has 140 valence electrons. The lowest BCUT2D eigenvalue weighted by Crippen LogP contribution is -2.46. The minimum atomic E-state index is -0.576. The quantitative estimate of drug-likeness (QED) is 0.808. The largest absolute Gasteiger partial charge is 0.481 e. The Labute approximate surface area is 154 Å². The summed E-state index contributed by atoms with van der Waals surface area (Å²) in [5.41, 5.74) is 1.76. The van der Waals surface area contributed by atoms with Gasteiger partial charge in [-0.15, -0.1) is 0 Å². The monoisotopic (exact) mass is 357 g/mol. The molecule has 0 radical (unpaired) electrons. The molecule has 3 heterocycles. The van der Waals surface area contributed by atoms with E-state index in [2.05, 4.69) is 27.7 Å². The standard InChI is InChI=1S/C20H27N3O3/c24-18-6-5-17(19(25)22-18)26-16-3-1-15(2-4-16)23-13-9-20(10-14-23)7-11-21-12-8-20/h1-4,17,21H,5-14H2,(H,22,24,25). The van der Waals surface area contributed by atoms with Crippen LogP contribution in [-0.2, 0) is 9.59 Å². The predicted octanol–water partition coefficient (Wildman–Crippen LogP) is 1.84. The van der Waals surface area contributed by atoms with Crippen molar-refractivity contribution in [3.63, 3.8) is 0 Å². The molecule has 2 amide bonds. The Balaban J connectivity index is 1.33. The van der Waals surface area contributed by atoms with Crippen LogP contribution in [0.1, 0.15) is 38.5 Å². The SMILES string of the molecule is O=C1CCC(Oc2ccc(N3CCC4(CCNCC4)CC3)cc2)C(=O)N1. The van der Waals surface area contributed by atoms with Gasteiger partial charge in [0, 0.05) is 31.6 Å². The molecule has 26 heavy (non-hydrogen) atoms. The van der Waals surface area contributed by atoms with E-state index in [0.29, 0.717) is 24.0 Å². The van der Waals surface area contributed by atoms with Gasteiger partial charge in [0.2, 0.25) is 5.91 Å². The van der Waals surface area contributed by atoms with Crippen LogP contribution in [-0.4, -0.2) is 44.1 Å². The number of rotatable bonds is 3. The van der Waals surface area contributed by atoms with Crippen molar-refractivity contribution in [1.29, 1.82) is 0 Å². The number of carbonyl (C=O) groups is 2. The summed E-state index contributed by atoms with van der Waals surface area (Å²) in [6.45, 7) is 4.53. The molecule has 0 aliphatic carbocycles. The number of benzene rings is 1. The van der Waals surface area contributed by atoms with Gasteiger partial charge in [0.25, 0.3) is 5.91 Å². The Bertz CT molecular complexity index is 657. The van der Waals surface area contributed by atoms with Gasteiger partial charge in [0.15, 0.2) is 6.10 Å². The van der Waals surface area contributed by atoms with Gasteiger partial charge in [-0.25, -0.2) is 0 Å². The highest BCUT2D eigenvalue weighted by molar-refractivity contribution is 5.99. The van der Waals surface area contributed by atoms with Crippen LogP contribution in [0.15, 0.2) is 24.3 Å². The van der Waals surface area contributed by atoms with Gasteiger partial charge >= 0.3 is 0 Å². The third-order valence-corrected chi connectivity index (χ3v) is 6.16. The number of ether oxygens (including phenoxy) is 1. The molecule has 6 heteroatoms. The van der Waals surface area contributed by atoms with Crippen LogP contribution in [0.5, 0.6) is 5.75 Å². The van der Waals surface area contributed by atoms with E-state index in [1.54, 1.807) is 0 Å². The van der Waals surface area contributed by atoms with E-state index in [4.69, 9.17) is 4.74 Å². The number of imide groups is 1. The summed E-state index contributed by atoms with van der Waals surface area (Å²) in [6.07, 6.45) is 5.34. The smallest absolute Gasteiger partial charge is 0.267 e. The molecule has 0 bridgehead atoms. The van der Waals surface area contributed by atoms with E-state index in [0.717, 1.165) is 26.2 Å². The maximum atomic E-state index is 11.8. The van der Waals surface area contributed by atoms with Crippen molar-refractivity contribution < 1.29 is 14.3 Å². The van der Waals surface area contributed by atoms with Crippen LogP contribution >= 0.6 is 0 Å². The number of hydrogen-bond acceptors (Lipinski definition) is 5. The molecule has 1 spiro atoms. The molecule has 2 N–H and O–H groups in total. The van der Waals surface area contributed by atoms with Gasteiger partial charge in [-0.05, 0) is 68.5 Å². The van der Waals surface area contributed by atoms with Crippen LogP contribution in [0.4, 0.5) is 5.69 Å². The summed E-state index contributed by atoms with van der Waals surface area (Å²) < 4.78 is 5.76. The summed E-state index contributed by atoms with van der Waals surface area (Å²) in [4.78, 5) is 25.5. The summed E-state index contributed by atoms with van der Waals surface area (Å²) in [6, 6.07) is 7.99. The van der Waals surface area contributed by atoms with E-state index in [1.807, 2.05) is 12.1 Å². The zero-order valence-corrected chi connectivity index (χ0v) is 15.1. The highest BCUT2D eigenvalue weighted by Crippen LogP contribution is 2.40. The molecule has 1 aromatic carbocycles. The van der Waals surface area contributed by atoms with Crippen molar-refractivity contribution in [2.24, 2.45) is 5.41 Å². The Hall–Kier alpha value is -2.08. The maximum Gasteiger partial charge on any atom is 0.267 e. The second kappa shape index (κ2) is 7.27. The molecule has 3 saturated heterocycles. The third-order valence-electron chi connectivity index (χ3n) is 6.16. The molecule has 3 aliphatic rings. The summed E-state index contributed by atoms with van der Waals surface area (Å²) in [7, 11) is 0. The number of amides is 2. The first-order valence-corrected chi connectivity index (χ1v) is 9.70. The maximum absolute atomic E-state index is 11.8. The number of anilines is 1. The lowest BCUT2D eigenvalue weighted by Gasteiger charge is -2.45. The van der Waals surface area contributed by atoms with Gasteiger partial charge in [-0.2, -0.15) is 0 Å². The van der Waals surface area contributed by atoms with Crippen molar-refractivity contribution in [1.82, 2.24) is 10.6 Å². The first kappa shape index (κ1) is 17.3. The molecular formula is C20H27N3O3. The second-order valence-electron chi connectivity index (χ2n) is 7.79. The van der Waals surface area contributed by atoms with Gasteiger partial charge < -0.3 is 15.0 Å². The van der Waals surface area contributed by atoms with Crippen molar-refractivity contribution in [3.05, 3.63) is 24.3 Å². The number of nitrogens with one attached hydrogen (secondary N) is 2. The molecule has 0 aromatic heterocycles. The summed E-state index contributed by atoms with van der Waals surface area (Å²) >= 11 is 0. The van der Waals surface area contributed by atoms with E-state index in [1.165, 1.54) is 31.4 Å². The van der Waals surface area contributed by atoms with Gasteiger partial charge in [-0.1, -0.05) is 0 Å². The van der Waals surface area contributed by atoms with Crippen LogP contribution in [0, 0.1) is 5.41 Å². The van der Waals surface area contributed by atoms with Crippen molar-refractivity contribution in [3.8, 4) is 5.75 Å². The fourth-order valence-electron chi connectivity index (χ4n) is 4.38. The topological polar surface area (TPSA) is 70.7 Å². The van der Waals surface area contributed by atoms with Crippen LogP contribution in [0.25, 0.3) is 0 Å². The van der Waals surface area contributed by atoms with Crippen molar-refractivity contribution >= 4 is 17.5 Å². The molecule has 0 saturated carbocycles. The van der Waals surface area contributed by atoms with Crippen LogP contribution in [0.3, 0.4) is 0 Å². The molecule has 1 atom stereocenters. The number of hydrogen-bond donors (Lipinski definition) is 2. The van der Waals surface area contributed by atoms with E-state index in [9.17, 15) is 9.59 Å². The molecule has 4 rings (SSSR count). The predicted molar refractivity (Wildman–Crippen MR) is 99.2 cm³/mol. The van der Waals surface area contributed by atoms with Crippen LogP contribution < -0.4 is 20.3 Å². The average molecular weight is 357 g/mol. The lowest BCUT2D eigenvalue weighted by molar-refractivity contribution is -0.138. The fourth-order valence-corrected chi connectivity index (χ4v) is 4.38. The zero-order valence-electron chi connectivity index (χ0n) is 15.1. The molecule has 3 aliphatic heterocycles. The normalized spacial score (nSPS) is 25.8.